The first kappa shape index (κ1) is 15.5. The second-order valence-electron chi connectivity index (χ2n) is 3.29. The van der Waals surface area contributed by atoms with Crippen molar-refractivity contribution in [2.75, 3.05) is 17.1 Å². The molecule has 1 aromatic rings. The quantitative estimate of drug-likeness (QED) is 0.605. The van der Waals surface area contributed by atoms with E-state index >= 15 is 0 Å². The highest BCUT2D eigenvalue weighted by atomic mass is 127. The Labute approximate surface area is 124 Å². The van der Waals surface area contributed by atoms with Crippen molar-refractivity contribution < 1.29 is 17.9 Å². The Morgan fingerprint density at radius 3 is 2.78 bits per heavy atom. The number of hydrogen-bond donors (Lipinski definition) is 1. The molecular weight excluding hydrogens is 393 g/mol. The van der Waals surface area contributed by atoms with Crippen LogP contribution in [0, 0.1) is 3.57 Å². The van der Waals surface area contributed by atoms with Crippen molar-refractivity contribution >= 4 is 55.9 Å². The molecule has 18 heavy (non-hydrogen) atoms. The van der Waals surface area contributed by atoms with Crippen LogP contribution in [0.3, 0.4) is 0 Å². The van der Waals surface area contributed by atoms with Gasteiger partial charge in [-0.25, -0.2) is 8.42 Å². The van der Waals surface area contributed by atoms with Crippen molar-refractivity contribution in [2.45, 2.75) is 6.92 Å². The first-order valence-corrected chi connectivity index (χ1v) is 8.06. The maximum atomic E-state index is 11.7. The molecule has 1 aromatic carbocycles. The van der Waals surface area contributed by atoms with E-state index in [4.69, 9.17) is 11.6 Å². The summed E-state index contributed by atoms with van der Waals surface area (Å²) in [6.07, 6.45) is 0. The van der Waals surface area contributed by atoms with E-state index in [0.29, 0.717) is 0 Å². The fourth-order valence-electron chi connectivity index (χ4n) is 1.14. The van der Waals surface area contributed by atoms with Crippen LogP contribution >= 0.6 is 34.2 Å². The summed E-state index contributed by atoms with van der Waals surface area (Å²) < 4.78 is 31.0. The molecule has 0 saturated heterocycles. The number of anilines is 1. The number of halogens is 2. The van der Waals surface area contributed by atoms with Crippen LogP contribution in [0.4, 0.5) is 5.69 Å². The van der Waals surface area contributed by atoms with Gasteiger partial charge in [-0.3, -0.25) is 9.52 Å². The van der Waals surface area contributed by atoms with Crippen LogP contribution < -0.4 is 4.72 Å². The van der Waals surface area contributed by atoms with Crippen molar-refractivity contribution in [2.24, 2.45) is 0 Å². The lowest BCUT2D eigenvalue weighted by Crippen LogP contribution is -2.24. The van der Waals surface area contributed by atoms with Crippen molar-refractivity contribution in [3.8, 4) is 0 Å². The molecule has 0 unspecified atom stereocenters. The molecule has 1 rings (SSSR count). The molecular formula is C10H11ClINO4S. The van der Waals surface area contributed by atoms with Crippen molar-refractivity contribution in [1.29, 1.82) is 0 Å². The van der Waals surface area contributed by atoms with Gasteiger partial charge in [-0.15, -0.1) is 0 Å². The third kappa shape index (κ3) is 4.99. The zero-order valence-electron chi connectivity index (χ0n) is 9.44. The highest BCUT2D eigenvalue weighted by Crippen LogP contribution is 2.24. The summed E-state index contributed by atoms with van der Waals surface area (Å²) in [5, 5.41) is 0.267. The molecule has 0 amide bonds. The van der Waals surface area contributed by atoms with Crippen molar-refractivity contribution in [3.05, 3.63) is 26.8 Å². The molecule has 0 atom stereocenters. The van der Waals surface area contributed by atoms with E-state index < -0.39 is 21.7 Å². The van der Waals surface area contributed by atoms with Gasteiger partial charge in [-0.2, -0.15) is 0 Å². The van der Waals surface area contributed by atoms with Gasteiger partial charge in [0, 0.05) is 3.57 Å². The number of hydrogen-bond acceptors (Lipinski definition) is 4. The summed E-state index contributed by atoms with van der Waals surface area (Å²) >= 11 is 7.88. The first-order chi connectivity index (χ1) is 8.34. The van der Waals surface area contributed by atoms with Gasteiger partial charge in [-0.1, -0.05) is 11.6 Å². The van der Waals surface area contributed by atoms with E-state index in [-0.39, 0.29) is 17.3 Å². The Morgan fingerprint density at radius 1 is 1.50 bits per heavy atom. The van der Waals surface area contributed by atoms with Crippen molar-refractivity contribution in [1.82, 2.24) is 0 Å². The van der Waals surface area contributed by atoms with E-state index in [1.807, 2.05) is 22.6 Å². The molecule has 1 N–H and O–H groups in total. The van der Waals surface area contributed by atoms with E-state index in [2.05, 4.69) is 9.46 Å². The molecule has 0 aliphatic rings. The van der Waals surface area contributed by atoms with E-state index in [1.54, 1.807) is 25.1 Å². The minimum absolute atomic E-state index is 0.137. The topological polar surface area (TPSA) is 72.5 Å². The lowest BCUT2D eigenvalue weighted by Gasteiger charge is -2.09. The molecule has 0 aliphatic carbocycles. The molecule has 0 aromatic heterocycles. The van der Waals surface area contributed by atoms with Crippen LogP contribution in [0.25, 0.3) is 0 Å². The second kappa shape index (κ2) is 6.58. The number of ether oxygens (including phenoxy) is 1. The minimum Gasteiger partial charge on any atom is -0.465 e. The molecule has 0 heterocycles. The number of rotatable bonds is 5. The van der Waals surface area contributed by atoms with Crippen LogP contribution in [-0.4, -0.2) is 26.7 Å². The van der Waals surface area contributed by atoms with Gasteiger partial charge in [0.2, 0.25) is 10.0 Å². The third-order valence-corrected chi connectivity index (χ3v) is 3.95. The van der Waals surface area contributed by atoms with Crippen LogP contribution in [0.15, 0.2) is 18.2 Å². The van der Waals surface area contributed by atoms with Crippen molar-refractivity contribution in [3.63, 3.8) is 0 Å². The largest absolute Gasteiger partial charge is 0.465 e. The lowest BCUT2D eigenvalue weighted by molar-refractivity contribution is -0.139. The van der Waals surface area contributed by atoms with Crippen LogP contribution in [0.1, 0.15) is 6.92 Å². The summed E-state index contributed by atoms with van der Waals surface area (Å²) in [5.41, 5.74) is 0.243. The van der Waals surface area contributed by atoms with Gasteiger partial charge in [0.1, 0.15) is 0 Å². The van der Waals surface area contributed by atoms with E-state index in [9.17, 15) is 13.2 Å². The summed E-state index contributed by atoms with van der Waals surface area (Å²) in [4.78, 5) is 11.1. The Bertz CT molecular complexity index is 547. The second-order valence-corrected chi connectivity index (χ2v) is 6.67. The minimum atomic E-state index is -3.81. The number of benzene rings is 1. The Kier molecular flexibility index (Phi) is 5.67. The molecule has 8 heteroatoms. The Morgan fingerprint density at radius 2 is 2.17 bits per heavy atom. The molecule has 5 nitrogen and oxygen atoms in total. The van der Waals surface area contributed by atoms with Gasteiger partial charge in [0.25, 0.3) is 0 Å². The monoisotopic (exact) mass is 403 g/mol. The third-order valence-electron chi connectivity index (χ3n) is 1.81. The molecule has 0 saturated carbocycles. The zero-order valence-corrected chi connectivity index (χ0v) is 13.2. The number of sulfonamides is 1. The molecule has 0 spiro atoms. The summed E-state index contributed by atoms with van der Waals surface area (Å²) in [7, 11) is -3.81. The van der Waals surface area contributed by atoms with Crippen LogP contribution in [0.2, 0.25) is 5.02 Å². The molecule has 0 bridgehead atoms. The number of carbonyl (C=O) groups is 1. The maximum absolute atomic E-state index is 11.7. The van der Waals surface area contributed by atoms with Crippen LogP contribution in [0.5, 0.6) is 0 Å². The van der Waals surface area contributed by atoms with Gasteiger partial charge in [0.05, 0.1) is 17.3 Å². The summed E-state index contributed by atoms with van der Waals surface area (Å²) in [6, 6.07) is 4.89. The summed E-state index contributed by atoms with van der Waals surface area (Å²) in [6.45, 7) is 1.74. The first-order valence-electron chi connectivity index (χ1n) is 4.95. The number of esters is 1. The fraction of sp³-hybridized carbons (Fsp3) is 0.300. The van der Waals surface area contributed by atoms with Gasteiger partial charge in [0.15, 0.2) is 5.75 Å². The molecule has 0 radical (unpaired) electrons. The Balaban J connectivity index is 2.82. The standard InChI is InChI=1S/C10H11ClINO4S/c1-2-17-10(14)6-18(15,16)13-9-5-7(12)3-4-8(9)11/h3-5,13H,2,6H2,1H3. The SMILES string of the molecule is CCOC(=O)CS(=O)(=O)Nc1cc(I)ccc1Cl. The highest BCUT2D eigenvalue weighted by molar-refractivity contribution is 14.1. The van der Waals surface area contributed by atoms with Gasteiger partial charge < -0.3 is 4.74 Å². The highest BCUT2D eigenvalue weighted by Gasteiger charge is 2.18. The van der Waals surface area contributed by atoms with Crippen LogP contribution in [-0.2, 0) is 19.6 Å². The molecule has 0 aliphatic heterocycles. The van der Waals surface area contributed by atoms with Gasteiger partial charge in [-0.05, 0) is 47.7 Å². The zero-order chi connectivity index (χ0) is 13.8. The average Bonchev–Trinajstić information content (AvgIpc) is 2.22. The van der Waals surface area contributed by atoms with Gasteiger partial charge >= 0.3 is 5.97 Å². The molecule has 0 fully saturated rings. The average molecular weight is 404 g/mol. The lowest BCUT2D eigenvalue weighted by atomic mass is 10.3. The Hall–Kier alpha value is -0.540. The predicted octanol–water partition coefficient (Wildman–Crippen LogP) is 2.25. The fourth-order valence-corrected chi connectivity index (χ4v) is 2.82. The number of nitrogens with one attached hydrogen (secondary N) is 1. The maximum Gasteiger partial charge on any atom is 0.323 e. The van der Waals surface area contributed by atoms with E-state index in [0.717, 1.165) is 3.57 Å². The summed E-state index contributed by atoms with van der Waals surface area (Å²) in [5.74, 6) is -1.53. The normalized spacial score (nSPS) is 11.1. The number of carbonyl (C=O) groups excluding carboxylic acids is 1. The van der Waals surface area contributed by atoms with E-state index in [1.165, 1.54) is 0 Å². The predicted molar refractivity (Wildman–Crippen MR) is 78.2 cm³/mol. The smallest absolute Gasteiger partial charge is 0.323 e. The molecule has 100 valence electrons.